The lowest BCUT2D eigenvalue weighted by atomic mass is 10.2. The quantitative estimate of drug-likeness (QED) is 0.697. The lowest BCUT2D eigenvalue weighted by Gasteiger charge is -2.33. The summed E-state index contributed by atoms with van der Waals surface area (Å²) < 4.78 is 65.9. The molecule has 0 spiro atoms. The van der Waals surface area contributed by atoms with Crippen LogP contribution in [0.2, 0.25) is 5.02 Å². The van der Waals surface area contributed by atoms with E-state index in [1.165, 1.54) is 0 Å². The number of piperazine rings is 1. The number of alkyl halides is 3. The topological polar surface area (TPSA) is 69.7 Å². The largest absolute Gasteiger partial charge is 0.417 e. The highest BCUT2D eigenvalue weighted by molar-refractivity contribution is 7.89. The van der Waals surface area contributed by atoms with Gasteiger partial charge in [-0.05, 0) is 23.8 Å². The number of nitrogens with zero attached hydrogens (tertiary/aromatic N) is 2. The normalized spacial score (nSPS) is 16.3. The van der Waals surface area contributed by atoms with Gasteiger partial charge in [-0.1, -0.05) is 41.9 Å². The van der Waals surface area contributed by atoms with Crippen LogP contribution in [0.1, 0.15) is 11.1 Å². The third-order valence-electron chi connectivity index (χ3n) is 4.91. The highest BCUT2D eigenvalue weighted by Crippen LogP contribution is 2.36. The van der Waals surface area contributed by atoms with Crippen molar-refractivity contribution in [1.29, 1.82) is 0 Å². The van der Waals surface area contributed by atoms with Crippen LogP contribution >= 0.6 is 11.6 Å². The monoisotopic (exact) mass is 475 g/mol. The standard InChI is InChI=1S/C20H21ClF3N3O3S/c21-18-7-6-16(12-17(18)20(22,23)24)31(29,30)27-10-8-26(9-11-27)14-19(28)25-13-15-4-2-1-3-5-15/h1-7,12H,8-11,13-14H2,(H,25,28). The number of benzene rings is 2. The van der Waals surface area contributed by atoms with E-state index in [1.807, 2.05) is 30.3 Å². The van der Waals surface area contributed by atoms with Gasteiger partial charge in [0.15, 0.2) is 0 Å². The van der Waals surface area contributed by atoms with Gasteiger partial charge in [0.05, 0.1) is 22.0 Å². The van der Waals surface area contributed by atoms with Gasteiger partial charge in [-0.15, -0.1) is 0 Å². The molecule has 1 saturated heterocycles. The van der Waals surface area contributed by atoms with E-state index in [0.29, 0.717) is 12.6 Å². The van der Waals surface area contributed by atoms with Crippen molar-refractivity contribution in [2.75, 3.05) is 32.7 Å². The van der Waals surface area contributed by atoms with Gasteiger partial charge in [-0.3, -0.25) is 9.69 Å². The van der Waals surface area contributed by atoms with Crippen LogP contribution in [-0.4, -0.2) is 56.3 Å². The van der Waals surface area contributed by atoms with Crippen LogP contribution in [0, 0.1) is 0 Å². The van der Waals surface area contributed by atoms with Crippen molar-refractivity contribution < 1.29 is 26.4 Å². The van der Waals surface area contributed by atoms with Crippen LogP contribution in [-0.2, 0) is 27.5 Å². The second-order valence-corrected chi connectivity index (χ2v) is 9.43. The van der Waals surface area contributed by atoms with Crippen molar-refractivity contribution in [2.45, 2.75) is 17.6 Å². The fourth-order valence-electron chi connectivity index (χ4n) is 3.21. The number of carbonyl (C=O) groups excluding carboxylic acids is 1. The van der Waals surface area contributed by atoms with E-state index in [2.05, 4.69) is 5.32 Å². The number of amides is 1. The number of nitrogens with one attached hydrogen (secondary N) is 1. The van der Waals surface area contributed by atoms with E-state index < -0.39 is 31.7 Å². The van der Waals surface area contributed by atoms with E-state index in [9.17, 15) is 26.4 Å². The van der Waals surface area contributed by atoms with Crippen LogP contribution in [0.25, 0.3) is 0 Å². The van der Waals surface area contributed by atoms with E-state index in [1.54, 1.807) is 4.90 Å². The summed E-state index contributed by atoms with van der Waals surface area (Å²) in [5.74, 6) is -0.187. The molecular weight excluding hydrogens is 455 g/mol. The molecule has 0 saturated carbocycles. The van der Waals surface area contributed by atoms with Gasteiger partial charge in [0, 0.05) is 32.7 Å². The molecule has 1 fully saturated rings. The summed E-state index contributed by atoms with van der Waals surface area (Å²) >= 11 is 5.58. The number of halogens is 4. The molecule has 0 aliphatic carbocycles. The highest BCUT2D eigenvalue weighted by Gasteiger charge is 2.36. The zero-order valence-corrected chi connectivity index (χ0v) is 18.0. The molecule has 1 aliphatic rings. The molecule has 1 N–H and O–H groups in total. The van der Waals surface area contributed by atoms with Crippen LogP contribution < -0.4 is 5.32 Å². The summed E-state index contributed by atoms with van der Waals surface area (Å²) in [7, 11) is -4.11. The van der Waals surface area contributed by atoms with Gasteiger partial charge in [0.2, 0.25) is 15.9 Å². The van der Waals surface area contributed by atoms with Crippen LogP contribution in [0.4, 0.5) is 13.2 Å². The fraction of sp³-hybridized carbons (Fsp3) is 0.350. The molecule has 6 nitrogen and oxygen atoms in total. The van der Waals surface area contributed by atoms with Crippen LogP contribution in [0.3, 0.4) is 0 Å². The van der Waals surface area contributed by atoms with Crippen LogP contribution in [0.15, 0.2) is 53.4 Å². The first-order valence-electron chi connectivity index (χ1n) is 9.47. The van der Waals surface area contributed by atoms with E-state index in [-0.39, 0.29) is 38.6 Å². The Labute approximate surface area is 183 Å². The van der Waals surface area contributed by atoms with Crippen molar-refractivity contribution >= 4 is 27.5 Å². The predicted octanol–water partition coefficient (Wildman–Crippen LogP) is 2.98. The maximum atomic E-state index is 13.1. The summed E-state index contributed by atoms with van der Waals surface area (Å²) in [6.07, 6.45) is -4.76. The summed E-state index contributed by atoms with van der Waals surface area (Å²) in [6, 6.07) is 12.0. The molecule has 11 heteroatoms. The Balaban J connectivity index is 1.57. The molecule has 0 aromatic heterocycles. The van der Waals surface area contributed by atoms with Crippen molar-refractivity contribution in [3.05, 3.63) is 64.7 Å². The summed E-state index contributed by atoms with van der Waals surface area (Å²) in [5.41, 5.74) is -0.225. The van der Waals surface area contributed by atoms with Crippen molar-refractivity contribution in [1.82, 2.24) is 14.5 Å². The molecule has 0 radical (unpaired) electrons. The molecule has 2 aromatic rings. The Bertz CT molecular complexity index is 1020. The van der Waals surface area contributed by atoms with Gasteiger partial charge < -0.3 is 5.32 Å². The molecule has 0 atom stereocenters. The first kappa shape index (κ1) is 23.5. The number of hydrogen-bond acceptors (Lipinski definition) is 4. The molecule has 31 heavy (non-hydrogen) atoms. The molecule has 1 aliphatic heterocycles. The van der Waals surface area contributed by atoms with Gasteiger partial charge in [-0.2, -0.15) is 17.5 Å². The maximum Gasteiger partial charge on any atom is 0.417 e. The first-order valence-corrected chi connectivity index (χ1v) is 11.3. The minimum absolute atomic E-state index is 0.0677. The zero-order valence-electron chi connectivity index (χ0n) is 16.4. The van der Waals surface area contributed by atoms with Crippen LogP contribution in [0.5, 0.6) is 0 Å². The second-order valence-electron chi connectivity index (χ2n) is 7.08. The Morgan fingerprint density at radius 1 is 1.03 bits per heavy atom. The number of rotatable bonds is 6. The Morgan fingerprint density at radius 2 is 1.68 bits per heavy atom. The van der Waals surface area contributed by atoms with E-state index in [4.69, 9.17) is 11.6 Å². The van der Waals surface area contributed by atoms with Gasteiger partial charge in [0.1, 0.15) is 0 Å². The lowest BCUT2D eigenvalue weighted by Crippen LogP contribution is -2.51. The molecule has 0 unspecified atom stereocenters. The molecule has 2 aromatic carbocycles. The molecule has 1 amide bonds. The second kappa shape index (κ2) is 9.56. The molecule has 3 rings (SSSR count). The van der Waals surface area contributed by atoms with E-state index >= 15 is 0 Å². The average molecular weight is 476 g/mol. The SMILES string of the molecule is O=C(CN1CCN(S(=O)(=O)c2ccc(Cl)c(C(F)(F)F)c2)CC1)NCc1ccccc1. The van der Waals surface area contributed by atoms with Crippen molar-refractivity contribution in [3.63, 3.8) is 0 Å². The molecular formula is C20H21ClF3N3O3S. The smallest absolute Gasteiger partial charge is 0.351 e. The number of sulfonamides is 1. The summed E-state index contributed by atoms with van der Waals surface area (Å²) in [4.78, 5) is 13.5. The fourth-order valence-corrected chi connectivity index (χ4v) is 4.89. The zero-order chi connectivity index (χ0) is 22.6. The Kier molecular flexibility index (Phi) is 7.25. The van der Waals surface area contributed by atoms with Gasteiger partial charge >= 0.3 is 6.18 Å². The van der Waals surface area contributed by atoms with Crippen molar-refractivity contribution in [2.24, 2.45) is 0 Å². The maximum absolute atomic E-state index is 13.1. The predicted molar refractivity (Wildman–Crippen MR) is 110 cm³/mol. The number of hydrogen-bond donors (Lipinski definition) is 1. The van der Waals surface area contributed by atoms with Gasteiger partial charge in [0.25, 0.3) is 0 Å². The highest BCUT2D eigenvalue weighted by atomic mass is 35.5. The summed E-state index contributed by atoms with van der Waals surface area (Å²) in [5, 5.41) is 2.25. The lowest BCUT2D eigenvalue weighted by molar-refractivity contribution is -0.137. The molecule has 0 bridgehead atoms. The number of carbonyl (C=O) groups is 1. The third kappa shape index (κ3) is 5.97. The van der Waals surface area contributed by atoms with E-state index in [0.717, 1.165) is 22.0 Å². The van der Waals surface area contributed by atoms with Crippen molar-refractivity contribution in [3.8, 4) is 0 Å². The third-order valence-corrected chi connectivity index (χ3v) is 7.14. The Morgan fingerprint density at radius 3 is 2.29 bits per heavy atom. The Hall–Kier alpha value is -2.14. The average Bonchev–Trinajstić information content (AvgIpc) is 2.73. The van der Waals surface area contributed by atoms with Gasteiger partial charge in [-0.25, -0.2) is 8.42 Å². The molecule has 1 heterocycles. The minimum atomic E-state index is -4.76. The summed E-state index contributed by atoms with van der Waals surface area (Å²) in [6.45, 7) is 1.22. The first-order chi connectivity index (χ1) is 14.6. The molecule has 168 valence electrons. The minimum Gasteiger partial charge on any atom is -0.351 e.